The van der Waals surface area contributed by atoms with Gasteiger partial charge >= 0.3 is 0 Å². The number of nitrogens with one attached hydrogen (secondary N) is 1. The summed E-state index contributed by atoms with van der Waals surface area (Å²) in [5.74, 6) is -0.531. The van der Waals surface area contributed by atoms with Crippen molar-refractivity contribution in [2.45, 2.75) is 26.8 Å². The molecule has 3 aromatic rings. The largest absolute Gasteiger partial charge is 0.503 e. The highest BCUT2D eigenvalue weighted by atomic mass is 35.5. The van der Waals surface area contributed by atoms with Crippen molar-refractivity contribution in [2.24, 2.45) is 0 Å². The summed E-state index contributed by atoms with van der Waals surface area (Å²) in [5.41, 5.74) is 3.23. The number of anilines is 1. The molecule has 1 aromatic heterocycles. The minimum Gasteiger partial charge on any atom is -0.503 e. The van der Waals surface area contributed by atoms with Crippen LogP contribution < -0.4 is 10.1 Å². The molecule has 0 radical (unpaired) electrons. The molecule has 2 heterocycles. The highest BCUT2D eigenvalue weighted by Crippen LogP contribution is 2.35. The second-order valence-electron chi connectivity index (χ2n) is 7.52. The number of carbonyl (C=O) groups is 2. The maximum absolute atomic E-state index is 13.2. The minimum atomic E-state index is -0.415. The van der Waals surface area contributed by atoms with Gasteiger partial charge in [-0.25, -0.2) is 0 Å². The predicted molar refractivity (Wildman–Crippen MR) is 126 cm³/mol. The molecule has 2 N–H and O–H groups in total. The number of fused-ring (bicyclic) bond motifs is 1. The van der Waals surface area contributed by atoms with Gasteiger partial charge < -0.3 is 20.1 Å². The summed E-state index contributed by atoms with van der Waals surface area (Å²) >= 11 is 7.79. The third kappa shape index (κ3) is 4.31. The van der Waals surface area contributed by atoms with Crippen LogP contribution in [0, 0.1) is 6.92 Å². The Kier molecular flexibility index (Phi) is 6.39. The van der Waals surface area contributed by atoms with Crippen molar-refractivity contribution in [3.05, 3.63) is 73.9 Å². The third-order valence-corrected chi connectivity index (χ3v) is 6.81. The van der Waals surface area contributed by atoms with Gasteiger partial charge in [0, 0.05) is 34.8 Å². The van der Waals surface area contributed by atoms with Gasteiger partial charge in [-0.1, -0.05) is 17.7 Å². The molecule has 0 fully saturated rings. The van der Waals surface area contributed by atoms with Crippen LogP contribution in [0.25, 0.3) is 0 Å². The number of thiophene rings is 1. The summed E-state index contributed by atoms with van der Waals surface area (Å²) in [4.78, 5) is 29.3. The van der Waals surface area contributed by atoms with Crippen LogP contribution in [0.15, 0.2) is 41.8 Å². The van der Waals surface area contributed by atoms with Crippen LogP contribution in [0.3, 0.4) is 0 Å². The van der Waals surface area contributed by atoms with E-state index in [1.54, 1.807) is 36.5 Å². The van der Waals surface area contributed by atoms with E-state index in [9.17, 15) is 14.7 Å². The Morgan fingerprint density at radius 1 is 1.28 bits per heavy atom. The molecule has 1 aliphatic rings. The SMILES string of the molecule is CCOc1cc(C(=O)Nc2cccc(C(=O)N3CCc4sccc4C3)c2C)cc(Cl)c1O. The first-order valence-corrected chi connectivity index (χ1v) is 11.6. The number of halogens is 1. The summed E-state index contributed by atoms with van der Waals surface area (Å²) in [5, 5.41) is 14.9. The van der Waals surface area contributed by atoms with Gasteiger partial charge in [0.25, 0.3) is 11.8 Å². The first-order valence-electron chi connectivity index (χ1n) is 10.3. The van der Waals surface area contributed by atoms with Crippen molar-refractivity contribution in [1.82, 2.24) is 4.90 Å². The second-order valence-corrected chi connectivity index (χ2v) is 8.92. The molecule has 0 saturated carbocycles. The number of amides is 2. The topological polar surface area (TPSA) is 78.9 Å². The lowest BCUT2D eigenvalue weighted by molar-refractivity contribution is 0.0735. The van der Waals surface area contributed by atoms with Crippen molar-refractivity contribution in [2.75, 3.05) is 18.5 Å². The quantitative estimate of drug-likeness (QED) is 0.532. The molecule has 32 heavy (non-hydrogen) atoms. The molecule has 0 spiro atoms. The molecular weight excluding hydrogens is 448 g/mol. The normalized spacial score (nSPS) is 12.9. The van der Waals surface area contributed by atoms with Crippen LogP contribution in [0.1, 0.15) is 43.6 Å². The number of benzene rings is 2. The molecule has 166 valence electrons. The molecule has 1 aliphatic heterocycles. The number of hydrogen-bond acceptors (Lipinski definition) is 5. The third-order valence-electron chi connectivity index (χ3n) is 5.50. The fourth-order valence-corrected chi connectivity index (χ4v) is 4.86. The van der Waals surface area contributed by atoms with E-state index in [4.69, 9.17) is 16.3 Å². The molecule has 4 rings (SSSR count). The van der Waals surface area contributed by atoms with Gasteiger partial charge in [-0.3, -0.25) is 9.59 Å². The molecule has 0 atom stereocenters. The zero-order chi connectivity index (χ0) is 22.8. The van der Waals surface area contributed by atoms with E-state index in [1.165, 1.54) is 22.6 Å². The zero-order valence-electron chi connectivity index (χ0n) is 17.8. The number of carbonyl (C=O) groups excluding carboxylic acids is 2. The van der Waals surface area contributed by atoms with E-state index in [-0.39, 0.29) is 28.0 Å². The first-order chi connectivity index (χ1) is 15.4. The first kappa shape index (κ1) is 22.2. The molecule has 0 unspecified atom stereocenters. The van der Waals surface area contributed by atoms with Crippen molar-refractivity contribution < 1.29 is 19.4 Å². The van der Waals surface area contributed by atoms with Gasteiger partial charge in [-0.15, -0.1) is 11.3 Å². The number of phenols is 1. The Balaban J connectivity index is 1.55. The summed E-state index contributed by atoms with van der Waals surface area (Å²) in [7, 11) is 0. The monoisotopic (exact) mass is 470 g/mol. The Bertz CT molecular complexity index is 1190. The Hall–Kier alpha value is -3.03. The number of nitrogens with zero attached hydrogens (tertiary/aromatic N) is 1. The number of hydrogen-bond donors (Lipinski definition) is 2. The van der Waals surface area contributed by atoms with E-state index in [1.807, 2.05) is 11.8 Å². The summed E-state index contributed by atoms with van der Waals surface area (Å²) in [6.07, 6.45) is 0.859. The number of phenolic OH excluding ortho intramolecular Hbond substituents is 1. The van der Waals surface area contributed by atoms with E-state index in [0.717, 1.165) is 6.42 Å². The standard InChI is InChI=1S/C24H23ClN2O4S/c1-3-31-20-12-16(11-18(25)22(20)28)23(29)26-19-6-4-5-17(14(19)2)24(30)27-9-7-21-15(13-27)8-10-32-21/h4-6,8,10-12,28H,3,7,9,13H2,1-2H3,(H,26,29). The molecule has 0 aliphatic carbocycles. The molecule has 2 aromatic carbocycles. The van der Waals surface area contributed by atoms with Crippen molar-refractivity contribution >= 4 is 40.4 Å². The van der Waals surface area contributed by atoms with Crippen molar-refractivity contribution in [3.8, 4) is 11.5 Å². The van der Waals surface area contributed by atoms with Gasteiger partial charge in [0.2, 0.25) is 0 Å². The Morgan fingerprint density at radius 2 is 2.09 bits per heavy atom. The average molecular weight is 471 g/mol. The molecule has 6 nitrogen and oxygen atoms in total. The molecule has 8 heteroatoms. The number of ether oxygens (including phenoxy) is 1. The van der Waals surface area contributed by atoms with E-state index < -0.39 is 5.91 Å². The maximum atomic E-state index is 13.2. The lowest BCUT2D eigenvalue weighted by atomic mass is 10.0. The molecule has 2 amide bonds. The fourth-order valence-electron chi connectivity index (χ4n) is 3.76. The van der Waals surface area contributed by atoms with E-state index >= 15 is 0 Å². The van der Waals surface area contributed by atoms with Gasteiger partial charge in [0.1, 0.15) is 0 Å². The van der Waals surface area contributed by atoms with Crippen LogP contribution in [-0.4, -0.2) is 35.0 Å². The maximum Gasteiger partial charge on any atom is 0.255 e. The predicted octanol–water partition coefficient (Wildman–Crippen LogP) is 5.27. The van der Waals surface area contributed by atoms with E-state index in [2.05, 4.69) is 16.8 Å². The highest BCUT2D eigenvalue weighted by molar-refractivity contribution is 7.10. The summed E-state index contributed by atoms with van der Waals surface area (Å²) in [6, 6.07) is 10.2. The molecular formula is C24H23ClN2O4S. The Labute approximate surface area is 195 Å². The number of aromatic hydroxyl groups is 1. The van der Waals surface area contributed by atoms with Gasteiger partial charge in [-0.05, 0) is 67.1 Å². The van der Waals surface area contributed by atoms with Crippen molar-refractivity contribution in [3.63, 3.8) is 0 Å². The fraction of sp³-hybridized carbons (Fsp3) is 0.250. The number of rotatable bonds is 5. The second kappa shape index (κ2) is 9.22. The minimum absolute atomic E-state index is 0.0275. The Morgan fingerprint density at radius 3 is 2.88 bits per heavy atom. The molecule has 0 bridgehead atoms. The van der Waals surface area contributed by atoms with Crippen LogP contribution in [0.2, 0.25) is 5.02 Å². The lowest BCUT2D eigenvalue weighted by Gasteiger charge is -2.28. The van der Waals surface area contributed by atoms with Crippen LogP contribution in [0.4, 0.5) is 5.69 Å². The van der Waals surface area contributed by atoms with Gasteiger partial charge in [0.05, 0.1) is 11.6 Å². The van der Waals surface area contributed by atoms with Gasteiger partial charge in [-0.2, -0.15) is 0 Å². The van der Waals surface area contributed by atoms with Crippen molar-refractivity contribution in [1.29, 1.82) is 0 Å². The van der Waals surface area contributed by atoms with Gasteiger partial charge in [0.15, 0.2) is 11.5 Å². The molecule has 0 saturated heterocycles. The smallest absolute Gasteiger partial charge is 0.255 e. The zero-order valence-corrected chi connectivity index (χ0v) is 19.3. The van der Waals surface area contributed by atoms with E-state index in [0.29, 0.717) is 36.5 Å². The lowest BCUT2D eigenvalue weighted by Crippen LogP contribution is -2.35. The van der Waals surface area contributed by atoms with Crippen LogP contribution in [-0.2, 0) is 13.0 Å². The summed E-state index contributed by atoms with van der Waals surface area (Å²) in [6.45, 7) is 5.18. The summed E-state index contributed by atoms with van der Waals surface area (Å²) < 4.78 is 5.36. The van der Waals surface area contributed by atoms with Crippen LogP contribution in [0.5, 0.6) is 11.5 Å². The highest BCUT2D eigenvalue weighted by Gasteiger charge is 2.24. The average Bonchev–Trinajstić information content (AvgIpc) is 3.25. The van der Waals surface area contributed by atoms with Crippen LogP contribution >= 0.6 is 22.9 Å².